The van der Waals surface area contributed by atoms with Crippen LogP contribution in [0, 0.1) is 5.92 Å². The number of allylic oxidation sites excluding steroid dienone is 4. The van der Waals surface area contributed by atoms with E-state index >= 15 is 0 Å². The van der Waals surface area contributed by atoms with E-state index in [4.69, 9.17) is 0 Å². The van der Waals surface area contributed by atoms with Gasteiger partial charge in [-0.2, -0.15) is 10.2 Å². The summed E-state index contributed by atoms with van der Waals surface area (Å²) in [5.41, 5.74) is 0.109. The van der Waals surface area contributed by atoms with E-state index in [1.54, 1.807) is 0 Å². The first kappa shape index (κ1) is 12.4. The Morgan fingerprint density at radius 3 is 2.43 bits per heavy atom. The summed E-state index contributed by atoms with van der Waals surface area (Å²) in [6.45, 7) is 8.89. The molecular formula is C10H12F2N2. The van der Waals surface area contributed by atoms with Crippen LogP contribution in [0.1, 0.15) is 0 Å². The van der Waals surface area contributed by atoms with Crippen LogP contribution in [0.3, 0.4) is 0 Å². The lowest BCUT2D eigenvalue weighted by Gasteiger charge is -2.09. The number of rotatable bonds is 6. The van der Waals surface area contributed by atoms with Crippen molar-refractivity contribution >= 4 is 12.4 Å². The highest BCUT2D eigenvalue weighted by molar-refractivity contribution is 5.98. The Balaban J connectivity index is 4.94. The Labute approximate surface area is 82.0 Å². The summed E-state index contributed by atoms with van der Waals surface area (Å²) in [4.78, 5) is 0. The minimum Gasteiger partial charge on any atom is -0.250 e. The largest absolute Gasteiger partial charge is 0.250 e. The third kappa shape index (κ3) is 3.43. The van der Waals surface area contributed by atoms with Crippen molar-refractivity contribution in [2.24, 2.45) is 16.1 Å². The van der Waals surface area contributed by atoms with Gasteiger partial charge in [-0.1, -0.05) is 19.2 Å². The lowest BCUT2D eigenvalue weighted by atomic mass is 10.0. The number of hydrogen-bond donors (Lipinski definition) is 0. The van der Waals surface area contributed by atoms with Crippen LogP contribution in [-0.2, 0) is 0 Å². The Morgan fingerprint density at radius 1 is 1.43 bits per heavy atom. The molecule has 1 atom stereocenters. The molecule has 0 aromatic rings. The van der Waals surface area contributed by atoms with Gasteiger partial charge in [-0.15, -0.1) is 0 Å². The molecule has 14 heavy (non-hydrogen) atoms. The van der Waals surface area contributed by atoms with Gasteiger partial charge >= 0.3 is 0 Å². The lowest BCUT2D eigenvalue weighted by Crippen LogP contribution is -2.15. The van der Waals surface area contributed by atoms with Crippen molar-refractivity contribution in [3.05, 3.63) is 37.2 Å². The molecule has 4 heteroatoms. The van der Waals surface area contributed by atoms with Gasteiger partial charge in [0.15, 0.2) is 0 Å². The molecule has 0 spiro atoms. The smallest absolute Gasteiger partial charge is 0.112 e. The van der Waals surface area contributed by atoms with Crippen LogP contribution in [0.5, 0.6) is 0 Å². The van der Waals surface area contributed by atoms with E-state index in [0.717, 1.165) is 6.08 Å². The molecule has 2 nitrogen and oxygen atoms in total. The highest BCUT2D eigenvalue weighted by atomic mass is 19.1. The summed E-state index contributed by atoms with van der Waals surface area (Å²) >= 11 is 0. The summed E-state index contributed by atoms with van der Waals surface area (Å²) in [6.07, 6.45) is 3.56. The summed E-state index contributed by atoms with van der Waals surface area (Å²) in [5, 5.41) is 6.67. The van der Waals surface area contributed by atoms with Gasteiger partial charge in [0.1, 0.15) is 12.5 Å². The molecule has 0 aromatic heterocycles. The fourth-order valence-corrected chi connectivity index (χ4v) is 0.857. The Hall–Kier alpha value is -1.58. The van der Waals surface area contributed by atoms with Gasteiger partial charge in [0.05, 0.1) is 11.6 Å². The SMILES string of the molecule is C=C/C=C(/F)C(CF)/C(C=C)=N/N=C. The molecule has 0 heterocycles. The van der Waals surface area contributed by atoms with E-state index in [9.17, 15) is 8.78 Å². The van der Waals surface area contributed by atoms with Gasteiger partial charge in [0.2, 0.25) is 0 Å². The first-order valence-electron chi connectivity index (χ1n) is 3.91. The van der Waals surface area contributed by atoms with Gasteiger partial charge in [-0.05, 0) is 12.2 Å². The predicted molar refractivity (Wildman–Crippen MR) is 56.0 cm³/mol. The molecule has 0 radical (unpaired) electrons. The van der Waals surface area contributed by atoms with E-state index in [1.165, 1.54) is 12.2 Å². The molecule has 0 aromatic carbocycles. The van der Waals surface area contributed by atoms with Gasteiger partial charge in [-0.3, -0.25) is 0 Å². The highest BCUT2D eigenvalue weighted by Gasteiger charge is 2.18. The maximum Gasteiger partial charge on any atom is 0.112 e. The van der Waals surface area contributed by atoms with Crippen molar-refractivity contribution in [3.8, 4) is 0 Å². The fraction of sp³-hybridized carbons (Fsp3) is 0.200. The molecule has 0 N–H and O–H groups in total. The molecule has 0 saturated heterocycles. The van der Waals surface area contributed by atoms with Crippen LogP contribution in [-0.4, -0.2) is 19.1 Å². The van der Waals surface area contributed by atoms with Crippen molar-refractivity contribution in [2.75, 3.05) is 6.67 Å². The Bertz CT molecular complexity index is 280. The molecular weight excluding hydrogens is 186 g/mol. The van der Waals surface area contributed by atoms with Crippen molar-refractivity contribution in [1.82, 2.24) is 0 Å². The van der Waals surface area contributed by atoms with E-state index in [1.807, 2.05) is 0 Å². The van der Waals surface area contributed by atoms with Crippen molar-refractivity contribution in [2.45, 2.75) is 0 Å². The number of halogens is 2. The van der Waals surface area contributed by atoms with Gasteiger partial charge in [0.25, 0.3) is 0 Å². The summed E-state index contributed by atoms with van der Waals surface area (Å²) in [5.74, 6) is -1.74. The standard InChI is InChI=1S/C10H12F2N2/c1-4-6-9(12)8(7-11)10(5-2)14-13-3/h4-6,8H,1-3,7H2/b9-6+,14-10+. The average molecular weight is 198 g/mol. The van der Waals surface area contributed by atoms with Crippen molar-refractivity contribution in [1.29, 1.82) is 0 Å². The minimum absolute atomic E-state index is 0.109. The zero-order valence-corrected chi connectivity index (χ0v) is 7.79. The van der Waals surface area contributed by atoms with E-state index < -0.39 is 18.4 Å². The fourth-order valence-electron chi connectivity index (χ4n) is 0.857. The van der Waals surface area contributed by atoms with E-state index in [0.29, 0.717) is 0 Å². The molecule has 0 fully saturated rings. The quantitative estimate of drug-likeness (QED) is 0.356. The lowest BCUT2D eigenvalue weighted by molar-refractivity contribution is 0.411. The topological polar surface area (TPSA) is 24.7 Å². The molecule has 0 rings (SSSR count). The molecule has 0 aliphatic rings. The molecule has 0 saturated carbocycles. The second-order valence-corrected chi connectivity index (χ2v) is 2.36. The van der Waals surface area contributed by atoms with E-state index in [2.05, 4.69) is 30.1 Å². The zero-order chi connectivity index (χ0) is 11.0. The summed E-state index contributed by atoms with van der Waals surface area (Å²) in [7, 11) is 0. The first-order valence-corrected chi connectivity index (χ1v) is 3.91. The second kappa shape index (κ2) is 6.88. The minimum atomic E-state index is -1.07. The number of alkyl halides is 1. The number of nitrogens with zero attached hydrogens (tertiary/aromatic N) is 2. The Kier molecular flexibility index (Phi) is 6.11. The second-order valence-electron chi connectivity index (χ2n) is 2.36. The first-order chi connectivity index (χ1) is 6.71. The summed E-state index contributed by atoms with van der Waals surface area (Å²) < 4.78 is 25.7. The van der Waals surface area contributed by atoms with Crippen LogP contribution in [0.2, 0.25) is 0 Å². The molecule has 76 valence electrons. The van der Waals surface area contributed by atoms with Crippen LogP contribution in [0.15, 0.2) is 47.4 Å². The van der Waals surface area contributed by atoms with Crippen LogP contribution in [0.25, 0.3) is 0 Å². The Morgan fingerprint density at radius 2 is 2.07 bits per heavy atom. The van der Waals surface area contributed by atoms with Gasteiger partial charge in [0, 0.05) is 6.72 Å². The monoisotopic (exact) mass is 198 g/mol. The molecule has 0 bridgehead atoms. The van der Waals surface area contributed by atoms with Crippen LogP contribution >= 0.6 is 0 Å². The molecule has 0 aliphatic carbocycles. The average Bonchev–Trinajstić information content (AvgIpc) is 2.18. The third-order valence-electron chi connectivity index (χ3n) is 1.52. The highest BCUT2D eigenvalue weighted by Crippen LogP contribution is 2.16. The van der Waals surface area contributed by atoms with Crippen LogP contribution in [0.4, 0.5) is 8.78 Å². The van der Waals surface area contributed by atoms with Crippen molar-refractivity contribution < 1.29 is 8.78 Å². The molecule has 0 amide bonds. The normalized spacial score (nSPS) is 14.7. The van der Waals surface area contributed by atoms with Gasteiger partial charge in [-0.25, -0.2) is 8.78 Å². The molecule has 0 aliphatic heterocycles. The zero-order valence-electron chi connectivity index (χ0n) is 7.79. The van der Waals surface area contributed by atoms with Gasteiger partial charge < -0.3 is 0 Å². The van der Waals surface area contributed by atoms with E-state index in [-0.39, 0.29) is 5.71 Å². The van der Waals surface area contributed by atoms with Crippen LogP contribution < -0.4 is 0 Å². The number of hydrogen-bond acceptors (Lipinski definition) is 2. The predicted octanol–water partition coefficient (Wildman–Crippen LogP) is 2.85. The summed E-state index contributed by atoms with van der Waals surface area (Å²) in [6, 6.07) is 0. The maximum absolute atomic E-state index is 13.2. The third-order valence-corrected chi connectivity index (χ3v) is 1.52. The van der Waals surface area contributed by atoms with Crippen molar-refractivity contribution in [3.63, 3.8) is 0 Å². The molecule has 1 unspecified atom stereocenters. The maximum atomic E-state index is 13.2.